The summed E-state index contributed by atoms with van der Waals surface area (Å²) in [5.41, 5.74) is 0. The Morgan fingerprint density at radius 2 is 1.62 bits per heavy atom. The molecule has 0 spiro atoms. The lowest BCUT2D eigenvalue weighted by Crippen LogP contribution is -2.42. The summed E-state index contributed by atoms with van der Waals surface area (Å²) in [5.74, 6) is 1.26. The van der Waals surface area contributed by atoms with E-state index in [2.05, 4.69) is 4.98 Å². The van der Waals surface area contributed by atoms with E-state index in [-0.39, 0.29) is 0 Å². The van der Waals surface area contributed by atoms with Crippen molar-refractivity contribution in [1.29, 1.82) is 0 Å². The van der Waals surface area contributed by atoms with E-state index in [0.29, 0.717) is 53.6 Å². The van der Waals surface area contributed by atoms with Crippen molar-refractivity contribution >= 4 is 29.3 Å². The number of carbonyl (C=O) groups excluding carboxylic acids is 1. The highest BCUT2D eigenvalue weighted by molar-refractivity contribution is 6.36. The lowest BCUT2D eigenvalue weighted by atomic mass is 10.3. The number of benzene rings is 1. The fourth-order valence-electron chi connectivity index (χ4n) is 2.10. The Bertz CT molecular complexity index is 698. The SMILES string of the molecule is O=C(Oc1ccc(Oc2c(Cl)cncc2Cl)cc1)N1CCOCC1. The van der Waals surface area contributed by atoms with Crippen LogP contribution in [-0.2, 0) is 4.74 Å². The van der Waals surface area contributed by atoms with Crippen molar-refractivity contribution in [1.82, 2.24) is 9.88 Å². The predicted molar refractivity (Wildman–Crippen MR) is 89.2 cm³/mol. The van der Waals surface area contributed by atoms with Crippen molar-refractivity contribution in [2.45, 2.75) is 0 Å². The van der Waals surface area contributed by atoms with Crippen LogP contribution < -0.4 is 9.47 Å². The third-order valence-electron chi connectivity index (χ3n) is 3.33. The first-order valence-corrected chi connectivity index (χ1v) is 8.00. The highest BCUT2D eigenvalue weighted by Crippen LogP contribution is 2.35. The number of aromatic nitrogens is 1. The van der Waals surface area contributed by atoms with Crippen LogP contribution in [0.2, 0.25) is 10.0 Å². The number of hydrogen-bond acceptors (Lipinski definition) is 5. The van der Waals surface area contributed by atoms with Crippen LogP contribution in [-0.4, -0.2) is 42.3 Å². The maximum atomic E-state index is 12.0. The number of rotatable bonds is 3. The first-order valence-electron chi connectivity index (χ1n) is 7.25. The van der Waals surface area contributed by atoms with E-state index in [4.69, 9.17) is 37.4 Å². The molecule has 1 saturated heterocycles. The highest BCUT2D eigenvalue weighted by atomic mass is 35.5. The summed E-state index contributed by atoms with van der Waals surface area (Å²) >= 11 is 12.0. The maximum absolute atomic E-state index is 12.0. The Morgan fingerprint density at radius 1 is 1.04 bits per heavy atom. The highest BCUT2D eigenvalue weighted by Gasteiger charge is 2.18. The van der Waals surface area contributed by atoms with Gasteiger partial charge in [0.1, 0.15) is 21.5 Å². The lowest BCUT2D eigenvalue weighted by Gasteiger charge is -2.25. The van der Waals surface area contributed by atoms with Crippen LogP contribution in [0, 0.1) is 0 Å². The van der Waals surface area contributed by atoms with Crippen molar-refractivity contribution in [3.05, 3.63) is 46.7 Å². The summed E-state index contributed by atoms with van der Waals surface area (Å²) in [6, 6.07) is 6.59. The maximum Gasteiger partial charge on any atom is 0.415 e. The summed E-state index contributed by atoms with van der Waals surface area (Å²) < 4.78 is 16.2. The van der Waals surface area contributed by atoms with Gasteiger partial charge in [-0.05, 0) is 24.3 Å². The average Bonchev–Trinajstić information content (AvgIpc) is 2.60. The van der Waals surface area contributed by atoms with Crippen molar-refractivity contribution < 1.29 is 19.0 Å². The summed E-state index contributed by atoms with van der Waals surface area (Å²) in [6.45, 7) is 2.10. The molecular weight excluding hydrogens is 355 g/mol. The van der Waals surface area contributed by atoms with Crippen LogP contribution in [0.4, 0.5) is 4.79 Å². The molecule has 2 aromatic rings. The minimum atomic E-state index is -0.396. The Labute approximate surface area is 148 Å². The molecule has 6 nitrogen and oxygen atoms in total. The number of pyridine rings is 1. The van der Waals surface area contributed by atoms with Gasteiger partial charge < -0.3 is 19.1 Å². The third-order valence-corrected chi connectivity index (χ3v) is 3.87. The van der Waals surface area contributed by atoms with Gasteiger partial charge in [-0.15, -0.1) is 0 Å². The fourth-order valence-corrected chi connectivity index (χ4v) is 2.54. The van der Waals surface area contributed by atoms with E-state index in [9.17, 15) is 4.79 Å². The van der Waals surface area contributed by atoms with Crippen molar-refractivity contribution in [3.8, 4) is 17.2 Å². The molecule has 1 aliphatic heterocycles. The molecular formula is C16H14Cl2N2O4. The second kappa shape index (κ2) is 7.70. The summed E-state index contributed by atoms with van der Waals surface area (Å²) in [6.07, 6.45) is 2.50. The van der Waals surface area contributed by atoms with Crippen molar-refractivity contribution in [3.63, 3.8) is 0 Å². The van der Waals surface area contributed by atoms with Crippen LogP contribution in [0.25, 0.3) is 0 Å². The van der Waals surface area contributed by atoms with Crippen LogP contribution in [0.1, 0.15) is 0 Å². The number of halogens is 2. The molecule has 1 fully saturated rings. The monoisotopic (exact) mass is 368 g/mol. The van der Waals surface area contributed by atoms with Gasteiger partial charge in [0.05, 0.1) is 13.2 Å². The lowest BCUT2D eigenvalue weighted by molar-refractivity contribution is 0.0416. The van der Waals surface area contributed by atoms with Gasteiger partial charge in [-0.2, -0.15) is 0 Å². The first kappa shape index (κ1) is 16.8. The molecule has 0 bridgehead atoms. The van der Waals surface area contributed by atoms with Gasteiger partial charge in [0, 0.05) is 25.5 Å². The molecule has 0 saturated carbocycles. The zero-order valence-corrected chi connectivity index (χ0v) is 14.1. The summed E-state index contributed by atoms with van der Waals surface area (Å²) in [4.78, 5) is 17.5. The largest absolute Gasteiger partial charge is 0.454 e. The molecule has 3 rings (SSSR count). The smallest absolute Gasteiger partial charge is 0.415 e. The van der Waals surface area contributed by atoms with E-state index >= 15 is 0 Å². The van der Waals surface area contributed by atoms with Crippen molar-refractivity contribution in [2.75, 3.05) is 26.3 Å². The van der Waals surface area contributed by atoms with E-state index in [0.717, 1.165) is 0 Å². The minimum absolute atomic E-state index is 0.310. The molecule has 0 N–H and O–H groups in total. The van der Waals surface area contributed by atoms with Gasteiger partial charge in [-0.3, -0.25) is 4.98 Å². The Balaban J connectivity index is 1.64. The second-order valence-electron chi connectivity index (χ2n) is 4.97. The van der Waals surface area contributed by atoms with Gasteiger partial charge in [0.25, 0.3) is 0 Å². The van der Waals surface area contributed by atoms with E-state index < -0.39 is 6.09 Å². The molecule has 8 heteroatoms. The third kappa shape index (κ3) is 4.08. The molecule has 2 heterocycles. The van der Waals surface area contributed by atoms with E-state index in [1.54, 1.807) is 29.2 Å². The van der Waals surface area contributed by atoms with Gasteiger partial charge >= 0.3 is 6.09 Å². The van der Waals surface area contributed by atoms with Gasteiger partial charge in [0.2, 0.25) is 0 Å². The molecule has 24 heavy (non-hydrogen) atoms. The van der Waals surface area contributed by atoms with Crippen LogP contribution in [0.15, 0.2) is 36.7 Å². The number of morpholine rings is 1. The Hall–Kier alpha value is -2.02. The van der Waals surface area contributed by atoms with Crippen molar-refractivity contribution in [2.24, 2.45) is 0 Å². The van der Waals surface area contributed by atoms with Crippen LogP contribution in [0.5, 0.6) is 17.2 Å². The molecule has 0 radical (unpaired) electrons. The zero-order valence-electron chi connectivity index (χ0n) is 12.6. The van der Waals surface area contributed by atoms with E-state index in [1.807, 2.05) is 0 Å². The Morgan fingerprint density at radius 3 is 2.25 bits per heavy atom. The molecule has 1 aromatic carbocycles. The normalized spacial score (nSPS) is 14.3. The first-order chi connectivity index (χ1) is 11.6. The van der Waals surface area contributed by atoms with E-state index in [1.165, 1.54) is 12.4 Å². The minimum Gasteiger partial charge on any atom is -0.454 e. The van der Waals surface area contributed by atoms with Gasteiger partial charge in [-0.1, -0.05) is 23.2 Å². The molecule has 0 unspecified atom stereocenters. The standard InChI is InChI=1S/C16H14Cl2N2O4/c17-13-9-19-10-14(18)15(13)23-11-1-3-12(4-2-11)24-16(21)20-5-7-22-8-6-20/h1-4,9-10H,5-8H2. The fraction of sp³-hybridized carbons (Fsp3) is 0.250. The van der Waals surface area contributed by atoms with Gasteiger partial charge in [-0.25, -0.2) is 4.79 Å². The number of carbonyl (C=O) groups is 1. The zero-order chi connectivity index (χ0) is 16.9. The molecule has 1 amide bonds. The molecule has 0 atom stereocenters. The number of hydrogen-bond donors (Lipinski definition) is 0. The molecule has 1 aliphatic rings. The number of nitrogens with zero attached hydrogens (tertiary/aromatic N) is 2. The number of ether oxygens (including phenoxy) is 3. The van der Waals surface area contributed by atoms with Gasteiger partial charge in [0.15, 0.2) is 5.75 Å². The predicted octanol–water partition coefficient (Wildman–Crippen LogP) is 4.01. The molecule has 126 valence electrons. The molecule has 0 aliphatic carbocycles. The Kier molecular flexibility index (Phi) is 5.40. The quantitative estimate of drug-likeness (QED) is 0.818. The average molecular weight is 369 g/mol. The molecule has 1 aromatic heterocycles. The topological polar surface area (TPSA) is 60.9 Å². The summed E-state index contributed by atoms with van der Waals surface area (Å²) in [7, 11) is 0. The summed E-state index contributed by atoms with van der Waals surface area (Å²) in [5, 5.41) is 0.621. The van der Waals surface area contributed by atoms with Crippen LogP contribution in [0.3, 0.4) is 0 Å². The number of amides is 1. The van der Waals surface area contributed by atoms with Crippen LogP contribution >= 0.6 is 23.2 Å². The second-order valence-corrected chi connectivity index (χ2v) is 5.79.